The van der Waals surface area contributed by atoms with Crippen molar-refractivity contribution in [2.75, 3.05) is 11.4 Å². The molecule has 6 heteroatoms. The molecule has 1 aliphatic rings. The summed E-state index contributed by atoms with van der Waals surface area (Å²) >= 11 is 0. The number of hydrogen-bond donors (Lipinski definition) is 1. The molecule has 0 amide bonds. The molecule has 2 N–H and O–H groups in total. The van der Waals surface area contributed by atoms with E-state index in [2.05, 4.69) is 0 Å². The SMILES string of the molecule is CC1CCCC(CN)N1c1cc(F)ccc1[N+](=O)[O-]. The van der Waals surface area contributed by atoms with Crippen molar-refractivity contribution >= 4 is 11.4 Å². The van der Waals surface area contributed by atoms with Gasteiger partial charge in [0.1, 0.15) is 11.5 Å². The Kier molecular flexibility index (Phi) is 3.99. The molecule has 1 heterocycles. The van der Waals surface area contributed by atoms with Gasteiger partial charge in [0, 0.05) is 30.8 Å². The number of nitrogens with zero attached hydrogens (tertiary/aromatic N) is 2. The summed E-state index contributed by atoms with van der Waals surface area (Å²) in [4.78, 5) is 12.5. The normalized spacial score (nSPS) is 23.4. The van der Waals surface area contributed by atoms with Crippen LogP contribution in [-0.4, -0.2) is 23.6 Å². The van der Waals surface area contributed by atoms with E-state index in [1.165, 1.54) is 12.1 Å². The molecule has 0 aromatic heterocycles. The van der Waals surface area contributed by atoms with Crippen molar-refractivity contribution in [2.45, 2.75) is 38.3 Å². The summed E-state index contributed by atoms with van der Waals surface area (Å²) in [6.07, 6.45) is 2.86. The maximum atomic E-state index is 13.4. The van der Waals surface area contributed by atoms with Crippen molar-refractivity contribution in [3.8, 4) is 0 Å². The Morgan fingerprint density at radius 3 is 2.89 bits per heavy atom. The van der Waals surface area contributed by atoms with Gasteiger partial charge >= 0.3 is 0 Å². The van der Waals surface area contributed by atoms with Gasteiger partial charge in [-0.15, -0.1) is 0 Å². The molecule has 1 aliphatic heterocycles. The van der Waals surface area contributed by atoms with Gasteiger partial charge in [-0.25, -0.2) is 4.39 Å². The number of anilines is 1. The van der Waals surface area contributed by atoms with Gasteiger partial charge in [-0.1, -0.05) is 0 Å². The molecule has 1 aromatic carbocycles. The minimum atomic E-state index is -0.469. The van der Waals surface area contributed by atoms with Crippen LogP contribution in [0, 0.1) is 15.9 Å². The van der Waals surface area contributed by atoms with Crippen molar-refractivity contribution < 1.29 is 9.31 Å². The molecule has 1 fully saturated rings. The largest absolute Gasteiger partial charge is 0.359 e. The number of halogens is 1. The average molecular weight is 267 g/mol. The van der Waals surface area contributed by atoms with Crippen LogP contribution in [0.1, 0.15) is 26.2 Å². The molecule has 19 heavy (non-hydrogen) atoms. The zero-order valence-electron chi connectivity index (χ0n) is 10.9. The Balaban J connectivity index is 2.48. The summed E-state index contributed by atoms with van der Waals surface area (Å²) < 4.78 is 13.4. The van der Waals surface area contributed by atoms with Crippen LogP contribution < -0.4 is 10.6 Å². The van der Waals surface area contributed by atoms with Gasteiger partial charge in [0.15, 0.2) is 0 Å². The molecule has 104 valence electrons. The molecule has 0 saturated carbocycles. The van der Waals surface area contributed by atoms with Crippen molar-refractivity contribution in [1.29, 1.82) is 0 Å². The van der Waals surface area contributed by atoms with Crippen LogP contribution in [0.25, 0.3) is 0 Å². The first kappa shape index (κ1) is 13.7. The highest BCUT2D eigenvalue weighted by atomic mass is 19.1. The Labute approximate surface area is 111 Å². The Bertz CT molecular complexity index is 481. The smallest absolute Gasteiger partial charge is 0.292 e. The second-order valence-electron chi connectivity index (χ2n) is 4.97. The Hall–Kier alpha value is -1.69. The fraction of sp³-hybridized carbons (Fsp3) is 0.538. The Morgan fingerprint density at radius 2 is 2.26 bits per heavy atom. The number of hydrogen-bond acceptors (Lipinski definition) is 4. The van der Waals surface area contributed by atoms with Crippen molar-refractivity contribution in [2.24, 2.45) is 5.73 Å². The van der Waals surface area contributed by atoms with E-state index in [1.54, 1.807) is 0 Å². The number of nitrogens with two attached hydrogens (primary N) is 1. The van der Waals surface area contributed by atoms with E-state index in [4.69, 9.17) is 5.73 Å². The summed E-state index contributed by atoms with van der Waals surface area (Å²) in [6, 6.07) is 3.74. The average Bonchev–Trinajstić information content (AvgIpc) is 2.37. The molecule has 2 rings (SSSR count). The third-order valence-corrected chi connectivity index (χ3v) is 3.71. The standard InChI is InChI=1S/C13H18FN3O2/c1-9-3-2-4-11(8-15)16(9)13-7-10(14)5-6-12(13)17(18)19/h5-7,9,11H,2-4,8,15H2,1H3. The van der Waals surface area contributed by atoms with Crippen LogP contribution in [0.2, 0.25) is 0 Å². The van der Waals surface area contributed by atoms with Crippen LogP contribution in [0.5, 0.6) is 0 Å². The second kappa shape index (κ2) is 5.52. The number of nitro benzene ring substituents is 1. The van der Waals surface area contributed by atoms with E-state index in [1.807, 2.05) is 11.8 Å². The van der Waals surface area contributed by atoms with Gasteiger partial charge in [-0.3, -0.25) is 10.1 Å². The molecule has 2 unspecified atom stereocenters. The third kappa shape index (κ3) is 2.68. The van der Waals surface area contributed by atoms with Gasteiger partial charge in [-0.05, 0) is 32.3 Å². The predicted octanol–water partition coefficient (Wildman–Crippen LogP) is 2.44. The van der Waals surface area contributed by atoms with Crippen molar-refractivity contribution in [3.63, 3.8) is 0 Å². The first-order valence-electron chi connectivity index (χ1n) is 6.47. The van der Waals surface area contributed by atoms with Crippen molar-refractivity contribution in [1.82, 2.24) is 0 Å². The lowest BCUT2D eigenvalue weighted by molar-refractivity contribution is -0.384. The lowest BCUT2D eigenvalue weighted by atomic mass is 9.95. The zero-order chi connectivity index (χ0) is 14.0. The predicted molar refractivity (Wildman–Crippen MR) is 71.7 cm³/mol. The summed E-state index contributed by atoms with van der Waals surface area (Å²) in [5.74, 6) is -0.464. The molecule has 0 radical (unpaired) electrons. The maximum absolute atomic E-state index is 13.4. The van der Waals surface area contributed by atoms with E-state index in [9.17, 15) is 14.5 Å². The van der Waals surface area contributed by atoms with Gasteiger partial charge in [-0.2, -0.15) is 0 Å². The minimum Gasteiger partial charge on any atom is -0.359 e. The quantitative estimate of drug-likeness (QED) is 0.674. The van der Waals surface area contributed by atoms with E-state index in [-0.39, 0.29) is 17.8 Å². The highest BCUT2D eigenvalue weighted by Gasteiger charge is 2.31. The van der Waals surface area contributed by atoms with Gasteiger partial charge < -0.3 is 10.6 Å². The molecule has 2 atom stereocenters. The van der Waals surface area contributed by atoms with Crippen LogP contribution in [0.15, 0.2) is 18.2 Å². The zero-order valence-corrected chi connectivity index (χ0v) is 10.9. The summed E-state index contributed by atoms with van der Waals surface area (Å²) in [6.45, 7) is 2.41. The highest BCUT2D eigenvalue weighted by Crippen LogP contribution is 2.35. The molecular weight excluding hydrogens is 249 g/mol. The molecule has 0 bridgehead atoms. The van der Waals surface area contributed by atoms with Gasteiger partial charge in [0.05, 0.1) is 4.92 Å². The highest BCUT2D eigenvalue weighted by molar-refractivity contribution is 5.64. The molecule has 1 aromatic rings. The van der Waals surface area contributed by atoms with Gasteiger partial charge in [0.25, 0.3) is 5.69 Å². The summed E-state index contributed by atoms with van der Waals surface area (Å²) in [5, 5.41) is 11.1. The number of rotatable bonds is 3. The number of nitro groups is 1. The van der Waals surface area contributed by atoms with Gasteiger partial charge in [0.2, 0.25) is 0 Å². The fourth-order valence-electron chi connectivity index (χ4n) is 2.81. The molecule has 5 nitrogen and oxygen atoms in total. The van der Waals surface area contributed by atoms with E-state index in [0.29, 0.717) is 12.2 Å². The fourth-order valence-corrected chi connectivity index (χ4v) is 2.81. The summed E-state index contributed by atoms with van der Waals surface area (Å²) in [5.41, 5.74) is 6.03. The van der Waals surface area contributed by atoms with E-state index >= 15 is 0 Å². The van der Waals surface area contributed by atoms with E-state index in [0.717, 1.165) is 25.3 Å². The number of benzene rings is 1. The lowest BCUT2D eigenvalue weighted by Crippen LogP contribution is -2.49. The van der Waals surface area contributed by atoms with Crippen molar-refractivity contribution in [3.05, 3.63) is 34.1 Å². The first-order chi connectivity index (χ1) is 9.04. The second-order valence-corrected chi connectivity index (χ2v) is 4.97. The number of piperidine rings is 1. The lowest BCUT2D eigenvalue weighted by Gasteiger charge is -2.41. The molecule has 0 spiro atoms. The molecule has 0 aliphatic carbocycles. The summed E-state index contributed by atoms with van der Waals surface area (Å²) in [7, 11) is 0. The Morgan fingerprint density at radius 1 is 1.53 bits per heavy atom. The topological polar surface area (TPSA) is 72.4 Å². The molecule has 1 saturated heterocycles. The third-order valence-electron chi connectivity index (χ3n) is 3.71. The van der Waals surface area contributed by atoms with Crippen LogP contribution in [-0.2, 0) is 0 Å². The minimum absolute atomic E-state index is 0.0317. The van der Waals surface area contributed by atoms with Crippen LogP contribution >= 0.6 is 0 Å². The monoisotopic (exact) mass is 267 g/mol. The van der Waals surface area contributed by atoms with Crippen LogP contribution in [0.3, 0.4) is 0 Å². The first-order valence-corrected chi connectivity index (χ1v) is 6.47. The van der Waals surface area contributed by atoms with Crippen LogP contribution in [0.4, 0.5) is 15.8 Å². The van der Waals surface area contributed by atoms with E-state index < -0.39 is 10.7 Å². The molecular formula is C13H18FN3O2. The maximum Gasteiger partial charge on any atom is 0.292 e.